The molecule has 4 amide bonds. The molecule has 1 saturated heterocycles. The van der Waals surface area contributed by atoms with Crippen LogP contribution in [0.4, 0.5) is 20.6 Å². The lowest BCUT2D eigenvalue weighted by atomic mass is 10.2. The number of imide groups is 1. The standard InChI is InChI=1S/C20H16FN3O4S/c1-12-2-6-14(7-3-12)23-18(26)11-24-19(27)16(29-20(24)28)10-17(25)22-15-8-4-13(21)5-9-15/h2-10H,11H2,1H3,(H,22,25)(H,23,26)/b16-10-. The molecule has 29 heavy (non-hydrogen) atoms. The maximum Gasteiger partial charge on any atom is 0.294 e. The van der Waals surface area contributed by atoms with Crippen LogP contribution in [-0.2, 0) is 14.4 Å². The van der Waals surface area contributed by atoms with Gasteiger partial charge >= 0.3 is 0 Å². The topological polar surface area (TPSA) is 95.6 Å². The van der Waals surface area contributed by atoms with Crippen molar-refractivity contribution in [2.75, 3.05) is 17.2 Å². The van der Waals surface area contributed by atoms with Crippen molar-refractivity contribution < 1.29 is 23.6 Å². The Kier molecular flexibility index (Phi) is 6.08. The summed E-state index contributed by atoms with van der Waals surface area (Å²) in [6, 6.07) is 12.1. The maximum absolute atomic E-state index is 12.9. The molecule has 2 N–H and O–H groups in total. The van der Waals surface area contributed by atoms with Gasteiger partial charge in [0.25, 0.3) is 11.1 Å². The smallest absolute Gasteiger partial charge is 0.294 e. The molecule has 0 aromatic heterocycles. The molecule has 1 aliphatic heterocycles. The minimum Gasteiger partial charge on any atom is -0.325 e. The molecule has 3 rings (SSSR count). The van der Waals surface area contributed by atoms with Crippen LogP contribution in [-0.4, -0.2) is 34.4 Å². The van der Waals surface area contributed by atoms with E-state index < -0.39 is 35.3 Å². The van der Waals surface area contributed by atoms with Crippen molar-refractivity contribution >= 4 is 46.1 Å². The molecular formula is C20H16FN3O4S. The highest BCUT2D eigenvalue weighted by molar-refractivity contribution is 8.18. The van der Waals surface area contributed by atoms with Crippen LogP contribution in [0.1, 0.15) is 5.56 Å². The number of nitrogens with zero attached hydrogens (tertiary/aromatic N) is 1. The third-order valence-electron chi connectivity index (χ3n) is 3.88. The van der Waals surface area contributed by atoms with E-state index in [2.05, 4.69) is 10.6 Å². The summed E-state index contributed by atoms with van der Waals surface area (Å²) in [5.74, 6) is -2.36. The number of hydrogen-bond acceptors (Lipinski definition) is 5. The average Bonchev–Trinajstić information content (AvgIpc) is 2.93. The predicted molar refractivity (Wildman–Crippen MR) is 108 cm³/mol. The molecule has 148 valence electrons. The van der Waals surface area contributed by atoms with Gasteiger partial charge in [-0.25, -0.2) is 4.39 Å². The van der Waals surface area contributed by atoms with Crippen LogP contribution in [0.5, 0.6) is 0 Å². The molecule has 0 radical (unpaired) electrons. The Morgan fingerprint density at radius 1 is 1.00 bits per heavy atom. The second-order valence-electron chi connectivity index (χ2n) is 6.18. The van der Waals surface area contributed by atoms with Crippen molar-refractivity contribution in [2.45, 2.75) is 6.92 Å². The lowest BCUT2D eigenvalue weighted by Crippen LogP contribution is -2.36. The zero-order valence-corrected chi connectivity index (χ0v) is 16.1. The number of thioether (sulfide) groups is 1. The molecule has 9 heteroatoms. The Morgan fingerprint density at radius 3 is 2.24 bits per heavy atom. The van der Waals surface area contributed by atoms with Crippen LogP contribution in [0.3, 0.4) is 0 Å². The van der Waals surface area contributed by atoms with Crippen LogP contribution in [0.15, 0.2) is 59.5 Å². The number of halogens is 1. The van der Waals surface area contributed by atoms with Gasteiger partial charge in [-0.15, -0.1) is 0 Å². The largest absolute Gasteiger partial charge is 0.325 e. The van der Waals surface area contributed by atoms with Crippen molar-refractivity contribution in [2.24, 2.45) is 0 Å². The van der Waals surface area contributed by atoms with Crippen molar-refractivity contribution in [3.8, 4) is 0 Å². The summed E-state index contributed by atoms with van der Waals surface area (Å²) in [6.07, 6.45) is 0.978. The van der Waals surface area contributed by atoms with Gasteiger partial charge in [0.2, 0.25) is 11.8 Å². The molecule has 0 saturated carbocycles. The second kappa shape index (κ2) is 8.70. The van der Waals surface area contributed by atoms with Crippen LogP contribution >= 0.6 is 11.8 Å². The summed E-state index contributed by atoms with van der Waals surface area (Å²) in [4.78, 5) is 49.3. The van der Waals surface area contributed by atoms with Gasteiger partial charge in [0.05, 0.1) is 4.91 Å². The number of amides is 4. The third kappa shape index (κ3) is 5.29. The molecule has 1 heterocycles. The van der Waals surface area contributed by atoms with Gasteiger partial charge in [-0.2, -0.15) is 0 Å². The summed E-state index contributed by atoms with van der Waals surface area (Å²) in [6.45, 7) is 1.44. The number of rotatable bonds is 5. The first kappa shape index (κ1) is 20.3. The Hall–Kier alpha value is -3.46. The highest BCUT2D eigenvalue weighted by Gasteiger charge is 2.36. The summed E-state index contributed by atoms with van der Waals surface area (Å²) >= 11 is 0.571. The number of aryl methyl sites for hydroxylation is 1. The molecule has 2 aromatic carbocycles. The minimum atomic E-state index is -0.728. The number of carbonyl (C=O) groups excluding carboxylic acids is 4. The first-order chi connectivity index (χ1) is 13.8. The fourth-order valence-electron chi connectivity index (χ4n) is 2.45. The van der Waals surface area contributed by atoms with E-state index in [4.69, 9.17) is 0 Å². The Morgan fingerprint density at radius 2 is 1.59 bits per heavy atom. The van der Waals surface area contributed by atoms with Crippen LogP contribution < -0.4 is 10.6 Å². The lowest BCUT2D eigenvalue weighted by Gasteiger charge is -2.12. The van der Waals surface area contributed by atoms with Gasteiger partial charge in [0, 0.05) is 17.5 Å². The minimum absolute atomic E-state index is 0.0993. The Bertz CT molecular complexity index is 1000. The average molecular weight is 413 g/mol. The summed E-state index contributed by atoms with van der Waals surface area (Å²) in [7, 11) is 0. The van der Waals surface area contributed by atoms with E-state index in [1.54, 1.807) is 12.1 Å². The van der Waals surface area contributed by atoms with E-state index in [-0.39, 0.29) is 4.91 Å². The number of hydrogen-bond donors (Lipinski definition) is 2. The zero-order chi connectivity index (χ0) is 21.0. The number of anilines is 2. The molecule has 0 spiro atoms. The molecule has 0 aliphatic carbocycles. The second-order valence-corrected chi connectivity index (χ2v) is 7.17. The van der Waals surface area contributed by atoms with E-state index in [1.165, 1.54) is 24.3 Å². The first-order valence-corrected chi connectivity index (χ1v) is 9.32. The number of benzene rings is 2. The third-order valence-corrected chi connectivity index (χ3v) is 4.79. The highest BCUT2D eigenvalue weighted by atomic mass is 32.2. The first-order valence-electron chi connectivity index (χ1n) is 8.50. The molecule has 7 nitrogen and oxygen atoms in total. The quantitative estimate of drug-likeness (QED) is 0.734. The SMILES string of the molecule is Cc1ccc(NC(=O)CN2C(=O)S/C(=C\C(=O)Nc3ccc(F)cc3)C2=O)cc1. The van der Waals surface area contributed by atoms with Gasteiger partial charge in [0.1, 0.15) is 12.4 Å². The molecule has 1 aliphatic rings. The maximum atomic E-state index is 12.9. The fourth-order valence-corrected chi connectivity index (χ4v) is 3.26. The molecule has 0 atom stereocenters. The van der Waals surface area contributed by atoms with Crippen LogP contribution in [0.25, 0.3) is 0 Å². The van der Waals surface area contributed by atoms with Crippen molar-refractivity contribution in [1.29, 1.82) is 0 Å². The molecule has 0 bridgehead atoms. The lowest BCUT2D eigenvalue weighted by molar-refractivity contribution is -0.127. The Balaban J connectivity index is 1.61. The van der Waals surface area contributed by atoms with Crippen molar-refractivity contribution in [1.82, 2.24) is 4.90 Å². The monoisotopic (exact) mass is 413 g/mol. The van der Waals surface area contributed by atoms with Crippen LogP contribution in [0.2, 0.25) is 0 Å². The summed E-state index contributed by atoms with van der Waals surface area (Å²) < 4.78 is 12.9. The normalized spacial score (nSPS) is 15.0. The summed E-state index contributed by atoms with van der Waals surface area (Å²) in [5.41, 5.74) is 1.91. The van der Waals surface area contributed by atoms with Gasteiger partial charge < -0.3 is 10.6 Å². The molecule has 2 aromatic rings. The van der Waals surface area contributed by atoms with Crippen molar-refractivity contribution in [3.63, 3.8) is 0 Å². The van der Waals surface area contributed by atoms with Gasteiger partial charge in [-0.1, -0.05) is 17.7 Å². The van der Waals surface area contributed by atoms with Crippen molar-refractivity contribution in [3.05, 3.63) is 70.9 Å². The molecule has 1 fully saturated rings. The predicted octanol–water partition coefficient (Wildman–Crippen LogP) is 3.29. The fraction of sp³-hybridized carbons (Fsp3) is 0.100. The number of carbonyl (C=O) groups is 4. The van der Waals surface area contributed by atoms with Gasteiger partial charge in [0.15, 0.2) is 0 Å². The zero-order valence-electron chi connectivity index (χ0n) is 15.3. The van der Waals surface area contributed by atoms with Crippen LogP contribution in [0, 0.1) is 12.7 Å². The van der Waals surface area contributed by atoms with E-state index in [1.807, 2.05) is 19.1 Å². The number of nitrogens with one attached hydrogen (secondary N) is 2. The van der Waals surface area contributed by atoms with E-state index in [0.29, 0.717) is 23.1 Å². The molecular weight excluding hydrogens is 397 g/mol. The molecule has 0 unspecified atom stereocenters. The van der Waals surface area contributed by atoms with E-state index in [0.717, 1.165) is 16.5 Å². The van der Waals surface area contributed by atoms with Gasteiger partial charge in [-0.05, 0) is 55.1 Å². The summed E-state index contributed by atoms with van der Waals surface area (Å²) in [5, 5.41) is 4.43. The van der Waals surface area contributed by atoms with E-state index in [9.17, 15) is 23.6 Å². The van der Waals surface area contributed by atoms with Gasteiger partial charge in [-0.3, -0.25) is 24.1 Å². The highest BCUT2D eigenvalue weighted by Crippen LogP contribution is 2.30. The van der Waals surface area contributed by atoms with E-state index >= 15 is 0 Å². The Labute approximate surface area is 170 Å².